The number of halogens is 1. The maximum absolute atomic E-state index is 12.5. The van der Waals surface area contributed by atoms with Crippen molar-refractivity contribution >= 4 is 44.9 Å². The Bertz CT molecular complexity index is 1230. The summed E-state index contributed by atoms with van der Waals surface area (Å²) in [6, 6.07) is 10.5. The first-order chi connectivity index (χ1) is 14.2. The van der Waals surface area contributed by atoms with Crippen LogP contribution in [0.2, 0.25) is 5.02 Å². The largest absolute Gasteiger partial charge is 0.322 e. The third-order valence-corrected chi connectivity index (χ3v) is 5.42. The zero-order valence-electron chi connectivity index (χ0n) is 15.4. The maximum Gasteiger partial charge on any atom is 0.282 e. The molecule has 0 radical (unpaired) electrons. The lowest BCUT2D eigenvalue weighted by Gasteiger charge is -2.09. The average molecular weight is 448 g/mol. The van der Waals surface area contributed by atoms with E-state index in [1.54, 1.807) is 13.0 Å². The number of nitro groups is 1. The number of sulfonamides is 1. The van der Waals surface area contributed by atoms with Gasteiger partial charge in [-0.1, -0.05) is 11.6 Å². The summed E-state index contributed by atoms with van der Waals surface area (Å²) in [5.74, 6) is -0.827. The highest BCUT2D eigenvalue weighted by Crippen LogP contribution is 2.24. The van der Waals surface area contributed by atoms with Crippen molar-refractivity contribution in [3.8, 4) is 0 Å². The van der Waals surface area contributed by atoms with E-state index in [4.69, 9.17) is 11.6 Å². The number of benzene rings is 2. The van der Waals surface area contributed by atoms with E-state index in [0.29, 0.717) is 5.69 Å². The zero-order chi connectivity index (χ0) is 21.9. The van der Waals surface area contributed by atoms with Crippen molar-refractivity contribution in [3.63, 3.8) is 0 Å². The molecule has 2 N–H and O–H groups in total. The van der Waals surface area contributed by atoms with Crippen LogP contribution in [0.1, 0.15) is 16.1 Å². The van der Waals surface area contributed by atoms with Gasteiger partial charge < -0.3 is 5.32 Å². The second-order valence-corrected chi connectivity index (χ2v) is 8.14. The van der Waals surface area contributed by atoms with Crippen LogP contribution >= 0.6 is 11.6 Å². The van der Waals surface area contributed by atoms with E-state index < -0.39 is 26.5 Å². The van der Waals surface area contributed by atoms with Crippen molar-refractivity contribution in [3.05, 3.63) is 81.1 Å². The number of rotatable bonds is 6. The Morgan fingerprint density at radius 3 is 2.47 bits per heavy atom. The second kappa shape index (κ2) is 8.43. The van der Waals surface area contributed by atoms with E-state index in [0.717, 1.165) is 6.07 Å². The van der Waals surface area contributed by atoms with Gasteiger partial charge in [-0.25, -0.2) is 23.1 Å². The van der Waals surface area contributed by atoms with Crippen molar-refractivity contribution in [2.75, 3.05) is 10.0 Å². The molecule has 0 spiro atoms. The van der Waals surface area contributed by atoms with Gasteiger partial charge in [0.1, 0.15) is 5.56 Å². The smallest absolute Gasteiger partial charge is 0.282 e. The number of nitrogens with zero attached hydrogens (tertiary/aromatic N) is 3. The maximum atomic E-state index is 12.5. The van der Waals surface area contributed by atoms with Gasteiger partial charge in [-0.15, -0.1) is 0 Å². The molecule has 1 aromatic heterocycles. The SMILES string of the molecule is Cc1ccnc(NS(=O)(=O)c2ccc(NC(=O)c3cc(Cl)ccc3[N+](=O)[O-])cc2)n1. The molecule has 0 unspecified atom stereocenters. The Labute approximate surface area is 176 Å². The molecule has 1 amide bonds. The summed E-state index contributed by atoms with van der Waals surface area (Å²) in [5, 5.41) is 13.8. The average Bonchev–Trinajstić information content (AvgIpc) is 2.67. The lowest BCUT2D eigenvalue weighted by molar-refractivity contribution is -0.385. The number of hydrogen-bond acceptors (Lipinski definition) is 7. The van der Waals surface area contributed by atoms with Crippen LogP contribution in [-0.4, -0.2) is 29.2 Å². The van der Waals surface area contributed by atoms with Crippen LogP contribution in [0.4, 0.5) is 17.3 Å². The van der Waals surface area contributed by atoms with Crippen molar-refractivity contribution in [2.45, 2.75) is 11.8 Å². The summed E-state index contributed by atoms with van der Waals surface area (Å²) >= 11 is 5.83. The van der Waals surface area contributed by atoms with Crippen LogP contribution in [0.25, 0.3) is 0 Å². The first-order valence-electron chi connectivity index (χ1n) is 8.33. The molecule has 0 fully saturated rings. The number of nitro benzene ring substituents is 1. The minimum absolute atomic E-state index is 0.0688. The van der Waals surface area contributed by atoms with Gasteiger partial charge in [0.25, 0.3) is 21.6 Å². The van der Waals surface area contributed by atoms with Crippen LogP contribution < -0.4 is 10.0 Å². The quantitative estimate of drug-likeness (QED) is 0.435. The van der Waals surface area contributed by atoms with Crippen LogP contribution in [0, 0.1) is 17.0 Å². The van der Waals surface area contributed by atoms with Crippen LogP contribution in [0.5, 0.6) is 0 Å². The molecule has 3 rings (SSSR count). The van der Waals surface area contributed by atoms with Crippen LogP contribution in [0.3, 0.4) is 0 Å². The number of aryl methyl sites for hydroxylation is 1. The van der Waals surface area contributed by atoms with Gasteiger partial charge in [0.2, 0.25) is 5.95 Å². The molecule has 30 heavy (non-hydrogen) atoms. The standard InChI is InChI=1S/C18H14ClN5O5S/c1-11-8-9-20-18(21-11)23-30(28,29)14-5-3-13(4-6-14)22-17(25)15-10-12(19)2-7-16(15)24(26)27/h2-10H,1H3,(H,22,25)(H,20,21,23). The Morgan fingerprint density at radius 1 is 1.13 bits per heavy atom. The molecule has 0 aliphatic heterocycles. The fraction of sp³-hybridized carbons (Fsp3) is 0.0556. The number of carbonyl (C=O) groups excluding carboxylic acids is 1. The van der Waals surface area contributed by atoms with Gasteiger partial charge in [-0.3, -0.25) is 14.9 Å². The summed E-state index contributed by atoms with van der Waals surface area (Å²) in [5.41, 5.74) is 0.205. The van der Waals surface area contributed by atoms with Crippen molar-refractivity contribution in [2.24, 2.45) is 0 Å². The molecule has 12 heteroatoms. The molecule has 0 aliphatic rings. The highest BCUT2D eigenvalue weighted by molar-refractivity contribution is 7.92. The molecular formula is C18H14ClN5O5S. The number of hydrogen-bond donors (Lipinski definition) is 2. The predicted octanol–water partition coefficient (Wildman–Crippen LogP) is 3.40. The van der Waals surface area contributed by atoms with Gasteiger partial charge in [-0.2, -0.15) is 0 Å². The molecule has 1 heterocycles. The molecule has 0 saturated carbocycles. The van der Waals surface area contributed by atoms with Gasteiger partial charge in [0.05, 0.1) is 9.82 Å². The first kappa shape index (κ1) is 21.1. The van der Waals surface area contributed by atoms with Crippen LogP contribution in [0.15, 0.2) is 59.6 Å². The highest BCUT2D eigenvalue weighted by atomic mass is 35.5. The molecular weight excluding hydrogens is 434 g/mol. The first-order valence-corrected chi connectivity index (χ1v) is 10.2. The number of anilines is 2. The Kier molecular flexibility index (Phi) is 5.94. The van der Waals surface area contributed by atoms with E-state index in [1.165, 1.54) is 42.6 Å². The Morgan fingerprint density at radius 2 is 1.83 bits per heavy atom. The van der Waals surface area contributed by atoms with Crippen molar-refractivity contribution < 1.29 is 18.1 Å². The van der Waals surface area contributed by atoms with Gasteiger partial charge in [-0.05, 0) is 49.4 Å². The Hall–Kier alpha value is -3.57. The molecule has 3 aromatic rings. The van der Waals surface area contributed by atoms with E-state index in [-0.39, 0.29) is 27.1 Å². The molecule has 0 bridgehead atoms. The van der Waals surface area contributed by atoms with Gasteiger partial charge >= 0.3 is 0 Å². The molecule has 10 nitrogen and oxygen atoms in total. The minimum Gasteiger partial charge on any atom is -0.322 e. The number of amides is 1. The second-order valence-electron chi connectivity index (χ2n) is 6.02. The topological polar surface area (TPSA) is 144 Å². The number of aromatic nitrogens is 2. The number of nitrogens with one attached hydrogen (secondary N) is 2. The zero-order valence-corrected chi connectivity index (χ0v) is 16.9. The minimum atomic E-state index is -3.95. The van der Waals surface area contributed by atoms with Crippen LogP contribution in [-0.2, 0) is 10.0 Å². The van der Waals surface area contributed by atoms with E-state index >= 15 is 0 Å². The monoisotopic (exact) mass is 447 g/mol. The molecule has 0 atom stereocenters. The van der Waals surface area contributed by atoms with Crippen molar-refractivity contribution in [1.82, 2.24) is 9.97 Å². The third kappa shape index (κ3) is 4.88. The fourth-order valence-electron chi connectivity index (χ4n) is 2.44. The van der Waals surface area contributed by atoms with E-state index in [1.807, 2.05) is 0 Å². The van der Waals surface area contributed by atoms with E-state index in [9.17, 15) is 23.3 Å². The highest BCUT2D eigenvalue weighted by Gasteiger charge is 2.21. The molecule has 154 valence electrons. The van der Waals surface area contributed by atoms with Gasteiger partial charge in [0, 0.05) is 28.7 Å². The van der Waals surface area contributed by atoms with E-state index in [2.05, 4.69) is 20.0 Å². The number of carbonyl (C=O) groups is 1. The molecule has 2 aromatic carbocycles. The molecule has 0 saturated heterocycles. The fourth-order valence-corrected chi connectivity index (χ4v) is 3.57. The predicted molar refractivity (Wildman–Crippen MR) is 110 cm³/mol. The summed E-state index contributed by atoms with van der Waals surface area (Å²) in [6.07, 6.45) is 1.42. The summed E-state index contributed by atoms with van der Waals surface area (Å²) in [4.78, 5) is 30.6. The third-order valence-electron chi connectivity index (χ3n) is 3.84. The normalized spacial score (nSPS) is 11.0. The molecule has 0 aliphatic carbocycles. The lowest BCUT2D eigenvalue weighted by atomic mass is 10.1. The van der Waals surface area contributed by atoms with Crippen molar-refractivity contribution in [1.29, 1.82) is 0 Å². The summed E-state index contributed by atoms with van der Waals surface area (Å²) in [7, 11) is -3.95. The summed E-state index contributed by atoms with van der Waals surface area (Å²) < 4.78 is 27.2. The summed E-state index contributed by atoms with van der Waals surface area (Å²) in [6.45, 7) is 1.70. The Balaban J connectivity index is 1.78. The lowest BCUT2D eigenvalue weighted by Crippen LogP contribution is -2.16. The van der Waals surface area contributed by atoms with Gasteiger partial charge in [0.15, 0.2) is 0 Å².